The van der Waals surface area contributed by atoms with Crippen LogP contribution in [0.1, 0.15) is 39.0 Å². The summed E-state index contributed by atoms with van der Waals surface area (Å²) < 4.78 is 13.7. The van der Waals surface area contributed by atoms with Crippen LogP contribution in [0.25, 0.3) is 0 Å². The topological polar surface area (TPSA) is 21.7 Å². The lowest BCUT2D eigenvalue weighted by molar-refractivity contribution is 0.0500. The van der Waals surface area contributed by atoms with E-state index in [1.807, 2.05) is 0 Å². The lowest BCUT2D eigenvalue weighted by Crippen LogP contribution is -2.56. The summed E-state index contributed by atoms with van der Waals surface area (Å²) in [5, 5.41) is 0. The van der Waals surface area contributed by atoms with E-state index >= 15 is 0 Å². The molecule has 16 heavy (non-hydrogen) atoms. The minimum atomic E-state index is -1.56. The van der Waals surface area contributed by atoms with Gasteiger partial charge >= 0.3 is 9.45 Å². The minimum absolute atomic E-state index is 0.745. The van der Waals surface area contributed by atoms with E-state index in [1.165, 1.54) is 38.6 Å². The van der Waals surface area contributed by atoms with Gasteiger partial charge in [-0.3, -0.25) is 4.57 Å². The quantitative estimate of drug-likeness (QED) is 0.707. The minimum Gasteiger partial charge on any atom is -0.388 e. The zero-order valence-corrected chi connectivity index (χ0v) is 12.0. The Hall–Kier alpha value is 0.0969. The predicted molar refractivity (Wildman–Crippen MR) is 67.4 cm³/mol. The molecule has 0 radical (unpaired) electrons. The largest absolute Gasteiger partial charge is 0.410 e. The van der Waals surface area contributed by atoms with Crippen LogP contribution in [0.2, 0.25) is 0 Å². The van der Waals surface area contributed by atoms with E-state index in [4.69, 9.17) is 8.85 Å². The summed E-state index contributed by atoms with van der Waals surface area (Å²) in [6.45, 7) is 3.61. The zero-order valence-electron chi connectivity index (χ0n) is 10.8. The smallest absolute Gasteiger partial charge is 0.388 e. The van der Waals surface area contributed by atoms with Crippen molar-refractivity contribution in [3.63, 3.8) is 0 Å². The lowest BCUT2D eigenvalue weighted by Gasteiger charge is -2.48. The molecule has 0 aromatic rings. The number of hydrogen-bond donors (Lipinski definition) is 0. The molecule has 1 saturated heterocycles. The Kier molecular flexibility index (Phi) is 4.41. The van der Waals surface area contributed by atoms with Gasteiger partial charge in [0.25, 0.3) is 0 Å². The van der Waals surface area contributed by atoms with E-state index in [1.54, 1.807) is 14.2 Å². The molecule has 2 fully saturated rings. The molecule has 0 aromatic carbocycles. The van der Waals surface area contributed by atoms with Crippen LogP contribution in [0, 0.1) is 11.8 Å². The van der Waals surface area contributed by atoms with Crippen molar-refractivity contribution >= 4 is 9.45 Å². The maximum atomic E-state index is 5.57. The zero-order chi connectivity index (χ0) is 11.5. The summed E-state index contributed by atoms with van der Waals surface area (Å²) in [7, 11) is 2.04. The molecule has 4 heteroatoms. The standard InChI is InChI=1S/C12H25NO2Si/c1-10-6-4-8-12-11(10)7-5-9-13(12)16(14-2)15-3/h10-12,16H,4-9H2,1-3H3. The molecule has 94 valence electrons. The highest BCUT2D eigenvalue weighted by Crippen LogP contribution is 2.39. The molecule has 0 N–H and O–H groups in total. The first-order valence-electron chi connectivity index (χ1n) is 6.59. The van der Waals surface area contributed by atoms with Gasteiger partial charge in [-0.25, -0.2) is 0 Å². The van der Waals surface area contributed by atoms with Gasteiger partial charge in [-0.15, -0.1) is 0 Å². The van der Waals surface area contributed by atoms with Crippen molar-refractivity contribution < 1.29 is 8.85 Å². The van der Waals surface area contributed by atoms with Gasteiger partial charge in [0.1, 0.15) is 0 Å². The van der Waals surface area contributed by atoms with Crippen LogP contribution in [0.3, 0.4) is 0 Å². The van der Waals surface area contributed by atoms with Gasteiger partial charge in [-0.05, 0) is 37.6 Å². The highest BCUT2D eigenvalue weighted by molar-refractivity contribution is 6.41. The molecular formula is C12H25NO2Si. The van der Waals surface area contributed by atoms with E-state index in [2.05, 4.69) is 11.5 Å². The number of piperidine rings is 1. The van der Waals surface area contributed by atoms with Crippen LogP contribution < -0.4 is 0 Å². The fraction of sp³-hybridized carbons (Fsp3) is 1.00. The fourth-order valence-electron chi connectivity index (χ4n) is 3.65. The highest BCUT2D eigenvalue weighted by atomic mass is 28.3. The van der Waals surface area contributed by atoms with Crippen molar-refractivity contribution in [2.24, 2.45) is 11.8 Å². The number of rotatable bonds is 3. The molecule has 3 nitrogen and oxygen atoms in total. The van der Waals surface area contributed by atoms with E-state index in [9.17, 15) is 0 Å². The van der Waals surface area contributed by atoms with Gasteiger partial charge in [0.15, 0.2) is 0 Å². The van der Waals surface area contributed by atoms with Crippen LogP contribution >= 0.6 is 0 Å². The number of nitrogens with zero attached hydrogens (tertiary/aromatic N) is 1. The van der Waals surface area contributed by atoms with Crippen molar-refractivity contribution in [2.45, 2.75) is 45.1 Å². The van der Waals surface area contributed by atoms with Crippen LogP contribution in [0.4, 0.5) is 0 Å². The van der Waals surface area contributed by atoms with Crippen molar-refractivity contribution in [3.05, 3.63) is 0 Å². The van der Waals surface area contributed by atoms with Crippen molar-refractivity contribution in [1.82, 2.24) is 4.57 Å². The highest BCUT2D eigenvalue weighted by Gasteiger charge is 2.40. The van der Waals surface area contributed by atoms with Gasteiger partial charge < -0.3 is 8.85 Å². The molecule has 0 bridgehead atoms. The van der Waals surface area contributed by atoms with Crippen LogP contribution in [0.15, 0.2) is 0 Å². The first kappa shape index (κ1) is 12.6. The van der Waals surface area contributed by atoms with Crippen LogP contribution in [-0.4, -0.2) is 40.8 Å². The summed E-state index contributed by atoms with van der Waals surface area (Å²) in [6.07, 6.45) is 6.89. The van der Waals surface area contributed by atoms with Gasteiger partial charge in [0, 0.05) is 20.3 Å². The molecule has 0 aromatic heterocycles. The molecular weight excluding hydrogens is 218 g/mol. The Morgan fingerprint density at radius 2 is 1.81 bits per heavy atom. The second-order valence-corrected chi connectivity index (χ2v) is 7.52. The third-order valence-electron chi connectivity index (χ3n) is 4.44. The van der Waals surface area contributed by atoms with E-state index in [-0.39, 0.29) is 0 Å². The van der Waals surface area contributed by atoms with Crippen LogP contribution in [0.5, 0.6) is 0 Å². The Balaban J connectivity index is 2.07. The van der Waals surface area contributed by atoms with Gasteiger partial charge in [0.05, 0.1) is 0 Å². The maximum Gasteiger partial charge on any atom is 0.410 e. The molecule has 1 heterocycles. The third-order valence-corrected chi connectivity index (χ3v) is 6.43. The van der Waals surface area contributed by atoms with Crippen LogP contribution in [-0.2, 0) is 8.85 Å². The lowest BCUT2D eigenvalue weighted by atomic mass is 9.73. The summed E-state index contributed by atoms with van der Waals surface area (Å²) in [5.41, 5.74) is 0. The van der Waals surface area contributed by atoms with Gasteiger partial charge in [-0.2, -0.15) is 0 Å². The van der Waals surface area contributed by atoms with E-state index < -0.39 is 9.45 Å². The summed E-state index contributed by atoms with van der Waals surface area (Å²) in [5.74, 6) is 1.78. The molecule has 1 aliphatic carbocycles. The average molecular weight is 243 g/mol. The van der Waals surface area contributed by atoms with E-state index in [0.29, 0.717) is 0 Å². The van der Waals surface area contributed by atoms with E-state index in [0.717, 1.165) is 17.9 Å². The molecule has 0 amide bonds. The molecule has 3 unspecified atom stereocenters. The maximum absolute atomic E-state index is 5.57. The van der Waals surface area contributed by atoms with Crippen molar-refractivity contribution in [1.29, 1.82) is 0 Å². The Bertz CT molecular complexity index is 221. The predicted octanol–water partition coefficient (Wildman–Crippen LogP) is 1.90. The third kappa shape index (κ3) is 2.35. The number of hydrogen-bond acceptors (Lipinski definition) is 3. The molecule has 3 atom stereocenters. The summed E-state index contributed by atoms with van der Waals surface area (Å²) in [4.78, 5) is 0. The first-order valence-corrected chi connectivity index (χ1v) is 8.05. The normalized spacial score (nSPS) is 36.4. The second-order valence-electron chi connectivity index (χ2n) is 5.30. The second kappa shape index (κ2) is 5.62. The Morgan fingerprint density at radius 1 is 1.06 bits per heavy atom. The monoisotopic (exact) mass is 243 g/mol. The SMILES string of the molecule is CO[SiH](OC)N1CCCC2C(C)CCCC21. The van der Waals surface area contributed by atoms with Crippen molar-refractivity contribution in [3.8, 4) is 0 Å². The molecule has 0 spiro atoms. The fourth-order valence-corrected chi connectivity index (χ4v) is 5.46. The first-order chi connectivity index (χ1) is 7.77. The van der Waals surface area contributed by atoms with Gasteiger partial charge in [0.2, 0.25) is 0 Å². The molecule has 1 saturated carbocycles. The summed E-state index contributed by atoms with van der Waals surface area (Å²) >= 11 is 0. The number of fused-ring (bicyclic) bond motifs is 1. The molecule has 2 aliphatic rings. The van der Waals surface area contributed by atoms with Gasteiger partial charge in [-0.1, -0.05) is 19.8 Å². The Morgan fingerprint density at radius 3 is 2.50 bits per heavy atom. The molecule has 2 rings (SSSR count). The average Bonchev–Trinajstić information content (AvgIpc) is 2.32. The van der Waals surface area contributed by atoms with Crippen molar-refractivity contribution in [2.75, 3.05) is 20.8 Å². The summed E-state index contributed by atoms with van der Waals surface area (Å²) in [6, 6.07) is 0.745. The Labute approximate surface area is 101 Å². The molecule has 1 aliphatic heterocycles.